The number of fused-ring (bicyclic) bond motifs is 1. The van der Waals surface area contributed by atoms with Crippen molar-refractivity contribution in [3.8, 4) is 5.75 Å². The molecule has 3 nitrogen and oxygen atoms in total. The van der Waals surface area contributed by atoms with E-state index in [0.29, 0.717) is 0 Å². The van der Waals surface area contributed by atoms with E-state index in [2.05, 4.69) is 55.3 Å². The first-order chi connectivity index (χ1) is 10.1. The molecule has 0 amide bonds. The van der Waals surface area contributed by atoms with E-state index in [-0.39, 0.29) is 17.7 Å². The summed E-state index contributed by atoms with van der Waals surface area (Å²) in [6.07, 6.45) is 2.79. The van der Waals surface area contributed by atoms with E-state index in [1.54, 1.807) is 0 Å². The maximum atomic E-state index is 6.08. The van der Waals surface area contributed by atoms with Crippen LogP contribution in [0.3, 0.4) is 0 Å². The summed E-state index contributed by atoms with van der Waals surface area (Å²) in [7, 11) is 0. The highest BCUT2D eigenvalue weighted by Crippen LogP contribution is 2.40. The fraction of sp³-hybridized carbons (Fsp3) is 0.389. The van der Waals surface area contributed by atoms with E-state index in [1.165, 1.54) is 5.56 Å². The molecule has 1 aliphatic rings. The average Bonchev–Trinajstić information content (AvgIpc) is 2.47. The highest BCUT2D eigenvalue weighted by atomic mass is 16.5. The van der Waals surface area contributed by atoms with Gasteiger partial charge in [0.1, 0.15) is 11.4 Å². The maximum absolute atomic E-state index is 6.08. The number of ether oxygens (including phenoxy) is 1. The van der Waals surface area contributed by atoms with Crippen LogP contribution in [-0.4, -0.2) is 10.6 Å². The quantitative estimate of drug-likeness (QED) is 0.922. The molecular weight excluding hydrogens is 260 g/mol. The van der Waals surface area contributed by atoms with Crippen LogP contribution in [0.15, 0.2) is 48.7 Å². The Morgan fingerprint density at radius 1 is 1.19 bits per heavy atom. The Kier molecular flexibility index (Phi) is 3.68. The number of nitrogens with one attached hydrogen (secondary N) is 1. The minimum atomic E-state index is -0.157. The van der Waals surface area contributed by atoms with Gasteiger partial charge in [0.25, 0.3) is 0 Å². The summed E-state index contributed by atoms with van der Waals surface area (Å²) in [6.45, 7) is 6.44. The van der Waals surface area contributed by atoms with E-state index in [0.717, 1.165) is 17.9 Å². The molecule has 110 valence electrons. The Balaban J connectivity index is 1.85. The monoisotopic (exact) mass is 282 g/mol. The van der Waals surface area contributed by atoms with Crippen LogP contribution in [0.1, 0.15) is 50.5 Å². The van der Waals surface area contributed by atoms with Crippen molar-refractivity contribution in [2.24, 2.45) is 0 Å². The van der Waals surface area contributed by atoms with Crippen molar-refractivity contribution in [2.75, 3.05) is 0 Å². The summed E-state index contributed by atoms with van der Waals surface area (Å²) in [5.41, 5.74) is 2.15. The van der Waals surface area contributed by atoms with Crippen LogP contribution in [0.25, 0.3) is 0 Å². The molecule has 0 saturated heterocycles. The van der Waals surface area contributed by atoms with Crippen molar-refractivity contribution in [3.05, 3.63) is 59.9 Å². The lowest BCUT2D eigenvalue weighted by atomic mass is 9.89. The third-order valence-corrected chi connectivity index (χ3v) is 3.96. The molecule has 1 unspecified atom stereocenters. The van der Waals surface area contributed by atoms with Gasteiger partial charge in [-0.2, -0.15) is 0 Å². The molecular formula is C18H22N2O. The number of pyridine rings is 1. The van der Waals surface area contributed by atoms with Gasteiger partial charge in [-0.15, -0.1) is 0 Å². The van der Waals surface area contributed by atoms with E-state index in [1.807, 2.05) is 24.4 Å². The third kappa shape index (κ3) is 3.08. The Hall–Kier alpha value is -1.87. The van der Waals surface area contributed by atoms with Gasteiger partial charge < -0.3 is 10.1 Å². The minimum absolute atomic E-state index is 0.157. The molecule has 1 aromatic carbocycles. The van der Waals surface area contributed by atoms with Gasteiger partial charge in [0.15, 0.2) is 0 Å². The van der Waals surface area contributed by atoms with E-state index >= 15 is 0 Å². The topological polar surface area (TPSA) is 34.1 Å². The third-order valence-electron chi connectivity index (χ3n) is 3.96. The molecule has 1 aliphatic heterocycles. The average molecular weight is 282 g/mol. The Labute approximate surface area is 126 Å². The number of benzene rings is 1. The predicted octanol–water partition coefficient (Wildman–Crippen LogP) is 4.03. The number of hydrogen-bond acceptors (Lipinski definition) is 3. The molecule has 3 heteroatoms. The molecule has 1 N–H and O–H groups in total. The fourth-order valence-electron chi connectivity index (χ4n) is 2.97. The van der Waals surface area contributed by atoms with Gasteiger partial charge in [0.05, 0.1) is 5.69 Å². The smallest absolute Gasteiger partial charge is 0.124 e. The largest absolute Gasteiger partial charge is 0.487 e. The van der Waals surface area contributed by atoms with Crippen LogP contribution >= 0.6 is 0 Å². The molecule has 0 radical (unpaired) electrons. The summed E-state index contributed by atoms with van der Waals surface area (Å²) in [6, 6.07) is 14.8. The van der Waals surface area contributed by atoms with Gasteiger partial charge in [-0.05, 0) is 39.0 Å². The second kappa shape index (κ2) is 5.49. The van der Waals surface area contributed by atoms with Crippen LogP contribution in [0, 0.1) is 0 Å². The molecule has 2 heterocycles. The lowest BCUT2D eigenvalue weighted by molar-refractivity contribution is 0.0639. The molecule has 1 aromatic heterocycles. The van der Waals surface area contributed by atoms with Crippen LogP contribution in [0.5, 0.6) is 5.75 Å². The Bertz CT molecular complexity index is 610. The summed E-state index contributed by atoms with van der Waals surface area (Å²) < 4.78 is 6.08. The molecule has 0 spiro atoms. The second-order valence-electron chi connectivity index (χ2n) is 6.30. The van der Waals surface area contributed by atoms with Crippen LogP contribution in [0.2, 0.25) is 0 Å². The lowest BCUT2D eigenvalue weighted by Gasteiger charge is -2.39. The first-order valence-corrected chi connectivity index (χ1v) is 7.50. The van der Waals surface area contributed by atoms with Crippen molar-refractivity contribution in [1.29, 1.82) is 0 Å². The van der Waals surface area contributed by atoms with Crippen LogP contribution in [0.4, 0.5) is 0 Å². The van der Waals surface area contributed by atoms with Gasteiger partial charge in [-0.25, -0.2) is 0 Å². The number of hydrogen-bond donors (Lipinski definition) is 1. The van der Waals surface area contributed by atoms with Crippen LogP contribution in [-0.2, 0) is 0 Å². The number of aromatic nitrogens is 1. The van der Waals surface area contributed by atoms with Crippen molar-refractivity contribution in [3.63, 3.8) is 0 Å². The van der Waals surface area contributed by atoms with Crippen LogP contribution < -0.4 is 10.1 Å². The van der Waals surface area contributed by atoms with Gasteiger partial charge in [-0.1, -0.05) is 24.3 Å². The highest BCUT2D eigenvalue weighted by Gasteiger charge is 2.34. The first kappa shape index (κ1) is 14.1. The maximum Gasteiger partial charge on any atom is 0.124 e. The zero-order valence-electron chi connectivity index (χ0n) is 12.8. The fourth-order valence-corrected chi connectivity index (χ4v) is 2.97. The molecule has 21 heavy (non-hydrogen) atoms. The number of nitrogens with zero attached hydrogens (tertiary/aromatic N) is 1. The number of para-hydroxylation sites is 1. The summed E-state index contributed by atoms with van der Waals surface area (Å²) in [5, 5.41) is 3.70. The molecule has 0 bridgehead atoms. The van der Waals surface area contributed by atoms with Crippen molar-refractivity contribution in [2.45, 2.75) is 44.9 Å². The van der Waals surface area contributed by atoms with E-state index < -0.39 is 0 Å². The molecule has 0 aliphatic carbocycles. The lowest BCUT2D eigenvalue weighted by Crippen LogP contribution is -2.40. The van der Waals surface area contributed by atoms with Gasteiger partial charge >= 0.3 is 0 Å². The van der Waals surface area contributed by atoms with Gasteiger partial charge in [0, 0.05) is 30.3 Å². The molecule has 2 aromatic rings. The minimum Gasteiger partial charge on any atom is -0.487 e. The normalized spacial score (nSPS) is 21.2. The Morgan fingerprint density at radius 2 is 1.95 bits per heavy atom. The molecule has 0 saturated carbocycles. The standard InChI is InChI=1S/C18H22N2O/c1-13(15-9-6-7-11-19-15)20-16-12-18(2,3)21-17-10-5-4-8-14(16)17/h4-11,13,16,20H,12H2,1-3H3/t13-,16?/m1/s1. The summed E-state index contributed by atoms with van der Waals surface area (Å²) in [4.78, 5) is 4.44. The summed E-state index contributed by atoms with van der Waals surface area (Å²) >= 11 is 0. The molecule has 2 atom stereocenters. The summed E-state index contributed by atoms with van der Waals surface area (Å²) in [5.74, 6) is 0.986. The number of rotatable bonds is 3. The zero-order valence-corrected chi connectivity index (χ0v) is 12.8. The van der Waals surface area contributed by atoms with Crippen molar-refractivity contribution in [1.82, 2.24) is 10.3 Å². The first-order valence-electron chi connectivity index (χ1n) is 7.50. The second-order valence-corrected chi connectivity index (χ2v) is 6.30. The molecule has 0 fully saturated rings. The van der Waals surface area contributed by atoms with Gasteiger partial charge in [0.2, 0.25) is 0 Å². The zero-order chi connectivity index (χ0) is 14.9. The van der Waals surface area contributed by atoms with E-state index in [4.69, 9.17) is 4.74 Å². The van der Waals surface area contributed by atoms with Crippen molar-refractivity contribution < 1.29 is 4.74 Å². The van der Waals surface area contributed by atoms with Gasteiger partial charge in [-0.3, -0.25) is 4.98 Å². The van der Waals surface area contributed by atoms with Crippen molar-refractivity contribution >= 4 is 0 Å². The van der Waals surface area contributed by atoms with E-state index in [9.17, 15) is 0 Å². The SMILES string of the molecule is C[C@@H](NC1CC(C)(C)Oc2ccccc21)c1ccccn1. The highest BCUT2D eigenvalue weighted by molar-refractivity contribution is 5.38. The molecule has 3 rings (SSSR count). The Morgan fingerprint density at radius 3 is 2.71 bits per heavy atom. The predicted molar refractivity (Wildman–Crippen MR) is 84.3 cm³/mol.